The predicted octanol–water partition coefficient (Wildman–Crippen LogP) is 2.04. The first kappa shape index (κ1) is 19.9. The third-order valence-corrected chi connectivity index (χ3v) is 8.70. The summed E-state index contributed by atoms with van der Waals surface area (Å²) < 4.78 is 16.8. The quantitative estimate of drug-likeness (QED) is 0.669. The number of carbonyl (C=O) groups excluding carboxylic acids is 2. The largest absolute Gasteiger partial charge is 0.388 e. The molecule has 2 saturated carbocycles. The zero-order valence-corrected chi connectivity index (χ0v) is 16.7. The van der Waals surface area contributed by atoms with Crippen LogP contribution in [-0.4, -0.2) is 50.9 Å². The summed E-state index contributed by atoms with van der Waals surface area (Å²) in [7, 11) is 0. The van der Waals surface area contributed by atoms with Gasteiger partial charge in [0.2, 0.25) is 0 Å². The van der Waals surface area contributed by atoms with Gasteiger partial charge >= 0.3 is 0 Å². The number of Topliss-reactive ketones (excluding diaryl/α,β-unsaturated/α-hetero) is 2. The number of ketones is 2. The van der Waals surface area contributed by atoms with Crippen LogP contribution in [0, 0.1) is 22.7 Å². The summed E-state index contributed by atoms with van der Waals surface area (Å²) in [6.07, 6.45) is 3.25. The van der Waals surface area contributed by atoms with Gasteiger partial charge in [0.05, 0.1) is 0 Å². The van der Waals surface area contributed by atoms with E-state index in [1.807, 2.05) is 19.9 Å². The minimum absolute atomic E-state index is 0.0541. The van der Waals surface area contributed by atoms with Crippen LogP contribution in [0.15, 0.2) is 23.3 Å². The fourth-order valence-corrected chi connectivity index (χ4v) is 6.93. The Morgan fingerprint density at radius 3 is 2.57 bits per heavy atom. The number of hydrogen-bond donors (Lipinski definition) is 3. The third-order valence-electron chi connectivity index (χ3n) is 8.70. The van der Waals surface area contributed by atoms with Gasteiger partial charge in [-0.2, -0.15) is 0 Å². The summed E-state index contributed by atoms with van der Waals surface area (Å²) in [5.41, 5.74) is -3.64. The molecule has 0 aromatic carbocycles. The van der Waals surface area contributed by atoms with E-state index in [1.165, 1.54) is 6.08 Å². The van der Waals surface area contributed by atoms with Crippen molar-refractivity contribution in [1.82, 2.24) is 0 Å². The number of fused-ring (bicyclic) bond motifs is 5. The van der Waals surface area contributed by atoms with Crippen LogP contribution in [0.5, 0.6) is 0 Å². The van der Waals surface area contributed by atoms with Crippen LogP contribution in [0.25, 0.3) is 0 Å². The molecule has 2 fully saturated rings. The Morgan fingerprint density at radius 2 is 1.93 bits per heavy atom. The summed E-state index contributed by atoms with van der Waals surface area (Å²) in [6.45, 7) is 4.76. The Hall–Kier alpha value is -1.37. The second-order valence-electron chi connectivity index (χ2n) is 9.74. The standard InChI is InChI=1S/C22H29FO5/c1-12-8-15-13-4-5-22(28,18(27)11-24)19(13,2)6-7-21(15,23)20(3)10-17(26)16(25)9-14(12)20/h8-9,13,15-16,24-25,28H,4-7,10-11H2,1-3H3/t13-,15-,16?,19-,20-,21+,22-/m0/s1. The van der Waals surface area contributed by atoms with Gasteiger partial charge in [0.25, 0.3) is 0 Å². The number of alkyl halides is 1. The maximum Gasteiger partial charge on any atom is 0.190 e. The molecular weight excluding hydrogens is 363 g/mol. The number of hydrogen-bond acceptors (Lipinski definition) is 5. The van der Waals surface area contributed by atoms with Gasteiger partial charge in [-0.25, -0.2) is 4.39 Å². The number of carbonyl (C=O) groups is 2. The second-order valence-corrected chi connectivity index (χ2v) is 9.74. The number of aliphatic hydroxyl groups excluding tert-OH is 2. The van der Waals surface area contributed by atoms with Gasteiger partial charge in [0, 0.05) is 23.2 Å². The number of allylic oxidation sites excluding steroid dienone is 3. The van der Waals surface area contributed by atoms with Crippen molar-refractivity contribution in [3.63, 3.8) is 0 Å². The van der Waals surface area contributed by atoms with E-state index in [2.05, 4.69) is 0 Å². The Morgan fingerprint density at radius 1 is 1.25 bits per heavy atom. The summed E-state index contributed by atoms with van der Waals surface area (Å²) in [5.74, 6) is -1.76. The molecule has 3 N–H and O–H groups in total. The van der Waals surface area contributed by atoms with Crippen molar-refractivity contribution in [2.75, 3.05) is 6.61 Å². The van der Waals surface area contributed by atoms with Crippen LogP contribution in [0.1, 0.15) is 52.9 Å². The molecule has 0 spiro atoms. The minimum atomic E-state index is -1.69. The minimum Gasteiger partial charge on any atom is -0.388 e. The van der Waals surface area contributed by atoms with E-state index >= 15 is 4.39 Å². The molecule has 4 aliphatic carbocycles. The normalized spacial score (nSPS) is 50.2. The summed E-state index contributed by atoms with van der Waals surface area (Å²) in [4.78, 5) is 24.7. The molecule has 0 aliphatic heterocycles. The molecule has 4 rings (SSSR count). The molecule has 154 valence electrons. The number of aliphatic hydroxyl groups is 3. The van der Waals surface area contributed by atoms with Crippen molar-refractivity contribution in [3.8, 4) is 0 Å². The van der Waals surface area contributed by atoms with Crippen LogP contribution < -0.4 is 0 Å². The van der Waals surface area contributed by atoms with Crippen LogP contribution in [0.2, 0.25) is 0 Å². The van der Waals surface area contributed by atoms with Crippen LogP contribution >= 0.6 is 0 Å². The highest BCUT2D eigenvalue weighted by Gasteiger charge is 2.71. The highest BCUT2D eigenvalue weighted by Crippen LogP contribution is 2.69. The molecule has 6 heteroatoms. The Kier molecular flexibility index (Phi) is 4.15. The molecule has 4 aliphatic rings. The topological polar surface area (TPSA) is 94.8 Å². The smallest absolute Gasteiger partial charge is 0.190 e. The van der Waals surface area contributed by atoms with Gasteiger partial charge in [-0.1, -0.05) is 25.5 Å². The van der Waals surface area contributed by atoms with E-state index in [0.29, 0.717) is 18.4 Å². The van der Waals surface area contributed by atoms with Crippen molar-refractivity contribution in [1.29, 1.82) is 0 Å². The first-order valence-corrected chi connectivity index (χ1v) is 10.1. The zero-order chi connectivity index (χ0) is 20.7. The molecule has 5 nitrogen and oxygen atoms in total. The summed E-state index contributed by atoms with van der Waals surface area (Å²) >= 11 is 0. The van der Waals surface area contributed by atoms with E-state index in [9.17, 15) is 24.9 Å². The fourth-order valence-electron chi connectivity index (χ4n) is 6.93. The van der Waals surface area contributed by atoms with E-state index in [1.54, 1.807) is 6.92 Å². The molecule has 0 bridgehead atoms. The molecule has 0 aromatic rings. The molecule has 0 heterocycles. The van der Waals surface area contributed by atoms with Gasteiger partial charge in [0.15, 0.2) is 11.6 Å². The highest BCUT2D eigenvalue weighted by atomic mass is 19.1. The first-order chi connectivity index (χ1) is 12.9. The lowest BCUT2D eigenvalue weighted by Gasteiger charge is -2.60. The second kappa shape index (κ2) is 5.83. The first-order valence-electron chi connectivity index (χ1n) is 10.1. The Balaban J connectivity index is 1.84. The molecule has 7 atom stereocenters. The monoisotopic (exact) mass is 392 g/mol. The van der Waals surface area contributed by atoms with Crippen LogP contribution in [-0.2, 0) is 9.59 Å². The maximum absolute atomic E-state index is 16.8. The Bertz CT molecular complexity index is 818. The van der Waals surface area contributed by atoms with E-state index < -0.39 is 46.5 Å². The van der Waals surface area contributed by atoms with Crippen molar-refractivity contribution >= 4 is 11.6 Å². The van der Waals surface area contributed by atoms with Crippen molar-refractivity contribution in [2.45, 2.75) is 70.2 Å². The summed E-state index contributed by atoms with van der Waals surface area (Å²) in [5, 5.41) is 30.6. The SMILES string of the molecule is CC1=C[C@H]2[C@@H]3CC[C@](O)(C(=O)CO)[C@@]3(C)CC[C@]2(F)[C@@]2(C)CC(=O)C(O)C=C12. The molecule has 0 amide bonds. The maximum atomic E-state index is 16.8. The van der Waals surface area contributed by atoms with Crippen molar-refractivity contribution < 1.29 is 29.3 Å². The van der Waals surface area contributed by atoms with Crippen molar-refractivity contribution in [2.24, 2.45) is 22.7 Å². The van der Waals surface area contributed by atoms with Crippen LogP contribution in [0.3, 0.4) is 0 Å². The van der Waals surface area contributed by atoms with Gasteiger partial charge in [-0.05, 0) is 50.2 Å². The van der Waals surface area contributed by atoms with E-state index in [-0.39, 0.29) is 31.0 Å². The molecule has 0 radical (unpaired) electrons. The Labute approximate surface area is 164 Å². The molecule has 1 unspecified atom stereocenters. The fraction of sp³-hybridized carbons (Fsp3) is 0.727. The highest BCUT2D eigenvalue weighted by molar-refractivity contribution is 5.90. The lowest BCUT2D eigenvalue weighted by Crippen LogP contribution is -2.64. The summed E-state index contributed by atoms with van der Waals surface area (Å²) in [6, 6.07) is 0. The van der Waals surface area contributed by atoms with Gasteiger partial charge in [-0.3, -0.25) is 9.59 Å². The molecule has 28 heavy (non-hydrogen) atoms. The van der Waals surface area contributed by atoms with Crippen LogP contribution in [0.4, 0.5) is 4.39 Å². The number of rotatable bonds is 2. The average molecular weight is 392 g/mol. The van der Waals surface area contributed by atoms with Gasteiger partial charge in [-0.15, -0.1) is 0 Å². The third kappa shape index (κ3) is 2.12. The predicted molar refractivity (Wildman–Crippen MR) is 100 cm³/mol. The van der Waals surface area contributed by atoms with E-state index in [0.717, 1.165) is 5.57 Å². The van der Waals surface area contributed by atoms with Crippen molar-refractivity contribution in [3.05, 3.63) is 23.3 Å². The zero-order valence-electron chi connectivity index (χ0n) is 16.7. The van der Waals surface area contributed by atoms with Gasteiger partial charge < -0.3 is 15.3 Å². The lowest BCUT2D eigenvalue weighted by molar-refractivity contribution is -0.174. The average Bonchev–Trinajstić information content (AvgIpc) is 2.92. The number of halogens is 1. The molecule has 0 aromatic heterocycles. The van der Waals surface area contributed by atoms with Gasteiger partial charge in [0.1, 0.15) is 24.0 Å². The molecular formula is C22H29FO5. The molecule has 0 saturated heterocycles. The lowest BCUT2D eigenvalue weighted by atomic mass is 9.45. The van der Waals surface area contributed by atoms with E-state index in [4.69, 9.17) is 0 Å².